The quantitative estimate of drug-likeness (QED) is 0.829. The number of nitrogens with one attached hydrogen (secondary N) is 1. The average Bonchev–Trinajstić information content (AvgIpc) is 3.05. The van der Waals surface area contributed by atoms with Crippen molar-refractivity contribution in [2.45, 2.75) is 38.6 Å². The van der Waals surface area contributed by atoms with Crippen molar-refractivity contribution < 1.29 is 4.79 Å². The molecule has 1 aromatic heterocycles. The molecule has 4 heteroatoms. The number of rotatable bonds is 4. The van der Waals surface area contributed by atoms with E-state index in [-0.39, 0.29) is 5.91 Å². The second-order valence-electron chi connectivity index (χ2n) is 4.94. The van der Waals surface area contributed by atoms with Crippen LogP contribution in [0.4, 0.5) is 0 Å². The fraction of sp³-hybridized carbons (Fsp3) is 0.533. The monoisotopic (exact) mass is 276 g/mol. The van der Waals surface area contributed by atoms with Crippen molar-refractivity contribution in [2.24, 2.45) is 11.7 Å². The van der Waals surface area contributed by atoms with Crippen molar-refractivity contribution >= 4 is 17.2 Å². The summed E-state index contributed by atoms with van der Waals surface area (Å²) in [7, 11) is 0. The van der Waals surface area contributed by atoms with Gasteiger partial charge in [-0.1, -0.05) is 24.7 Å². The number of carbonyl (C=O) groups excluding carboxylic acids is 1. The molecule has 0 bridgehead atoms. The molecule has 0 atom stereocenters. The average molecular weight is 276 g/mol. The molecule has 19 heavy (non-hydrogen) atoms. The molecule has 1 saturated carbocycles. The molecular formula is C15H20N2OS. The molecule has 0 aromatic carbocycles. The highest BCUT2D eigenvalue weighted by Crippen LogP contribution is 2.27. The van der Waals surface area contributed by atoms with E-state index in [1.807, 2.05) is 11.4 Å². The lowest BCUT2D eigenvalue weighted by atomic mass is 10.0. The molecule has 3 nitrogen and oxygen atoms in total. The van der Waals surface area contributed by atoms with E-state index in [9.17, 15) is 4.79 Å². The Morgan fingerprint density at radius 3 is 3.00 bits per heavy atom. The molecule has 0 unspecified atom stereocenters. The van der Waals surface area contributed by atoms with Crippen LogP contribution in [0.3, 0.4) is 0 Å². The first-order chi connectivity index (χ1) is 9.28. The van der Waals surface area contributed by atoms with E-state index in [1.165, 1.54) is 25.7 Å². The Kier molecular flexibility index (Phi) is 5.44. The molecule has 1 aliphatic carbocycles. The van der Waals surface area contributed by atoms with Crippen molar-refractivity contribution in [2.75, 3.05) is 6.54 Å². The minimum atomic E-state index is 0.176. The van der Waals surface area contributed by atoms with Gasteiger partial charge in [0.2, 0.25) is 5.91 Å². The summed E-state index contributed by atoms with van der Waals surface area (Å²) in [6.07, 6.45) is 5.68. The number of amides is 1. The second kappa shape index (κ2) is 7.32. The molecular weight excluding hydrogens is 256 g/mol. The maximum Gasteiger partial charge on any atom is 0.220 e. The van der Waals surface area contributed by atoms with Crippen LogP contribution < -0.4 is 11.1 Å². The summed E-state index contributed by atoms with van der Waals surface area (Å²) in [5.41, 5.74) is 6.31. The fourth-order valence-electron chi connectivity index (χ4n) is 2.43. The highest BCUT2D eigenvalue weighted by Gasteiger charge is 2.18. The van der Waals surface area contributed by atoms with Gasteiger partial charge in [-0.3, -0.25) is 4.79 Å². The molecule has 1 aliphatic rings. The first-order valence-corrected chi connectivity index (χ1v) is 7.69. The maximum atomic E-state index is 11.8. The lowest BCUT2D eigenvalue weighted by Gasteiger charge is -2.08. The van der Waals surface area contributed by atoms with Crippen LogP contribution in [0.15, 0.2) is 11.4 Å². The number of carbonyl (C=O) groups is 1. The van der Waals surface area contributed by atoms with Crippen LogP contribution in [0.5, 0.6) is 0 Å². The van der Waals surface area contributed by atoms with E-state index in [1.54, 1.807) is 11.3 Å². The van der Waals surface area contributed by atoms with E-state index in [0.29, 0.717) is 25.4 Å². The van der Waals surface area contributed by atoms with Gasteiger partial charge in [-0.2, -0.15) is 0 Å². The molecule has 1 fully saturated rings. The zero-order valence-corrected chi connectivity index (χ0v) is 11.9. The summed E-state index contributed by atoms with van der Waals surface area (Å²) in [5, 5.41) is 4.99. The molecule has 0 aliphatic heterocycles. The number of hydrogen-bond acceptors (Lipinski definition) is 3. The Hall–Kier alpha value is -1.31. The van der Waals surface area contributed by atoms with E-state index >= 15 is 0 Å². The van der Waals surface area contributed by atoms with Crippen LogP contribution in [-0.4, -0.2) is 12.5 Å². The summed E-state index contributed by atoms with van der Waals surface area (Å²) in [6, 6.07) is 2.02. The first-order valence-electron chi connectivity index (χ1n) is 6.81. The predicted octanol–water partition coefficient (Wildman–Crippen LogP) is 2.25. The molecule has 0 radical (unpaired) electrons. The van der Waals surface area contributed by atoms with Crippen molar-refractivity contribution in [3.8, 4) is 11.8 Å². The van der Waals surface area contributed by atoms with E-state index in [4.69, 9.17) is 5.73 Å². The van der Waals surface area contributed by atoms with Gasteiger partial charge in [0.15, 0.2) is 0 Å². The van der Waals surface area contributed by atoms with Crippen LogP contribution in [0.1, 0.15) is 42.5 Å². The van der Waals surface area contributed by atoms with E-state index in [2.05, 4.69) is 17.2 Å². The van der Waals surface area contributed by atoms with Crippen LogP contribution >= 0.6 is 11.3 Å². The molecule has 1 aromatic rings. The lowest BCUT2D eigenvalue weighted by molar-refractivity contribution is -0.122. The Morgan fingerprint density at radius 1 is 1.47 bits per heavy atom. The van der Waals surface area contributed by atoms with Gasteiger partial charge >= 0.3 is 0 Å². The largest absolute Gasteiger partial charge is 0.351 e. The number of nitrogens with two attached hydrogens (primary N) is 1. The molecule has 102 valence electrons. The number of thiophene rings is 1. The lowest BCUT2D eigenvalue weighted by Crippen LogP contribution is -2.24. The van der Waals surface area contributed by atoms with Gasteiger partial charge < -0.3 is 11.1 Å². The first kappa shape index (κ1) is 14.1. The highest BCUT2D eigenvalue weighted by molar-refractivity contribution is 7.10. The summed E-state index contributed by atoms with van der Waals surface area (Å²) in [5.74, 6) is 6.60. The molecule has 0 saturated heterocycles. The van der Waals surface area contributed by atoms with Crippen LogP contribution in [0.2, 0.25) is 0 Å². The molecule has 1 amide bonds. The summed E-state index contributed by atoms with van der Waals surface area (Å²) in [6.45, 7) is 0.990. The molecule has 2 rings (SSSR count). The molecule has 3 N–H and O–H groups in total. The standard InChI is InChI=1S/C15H20N2OS/c16-7-3-6-13-8-14(19-11-13)10-17-15(18)9-12-4-1-2-5-12/h8,11-12H,1-2,4-5,7,9-10,16H2,(H,17,18). The van der Waals surface area contributed by atoms with Crippen molar-refractivity contribution in [3.05, 3.63) is 21.9 Å². The van der Waals surface area contributed by atoms with Gasteiger partial charge in [-0.05, 0) is 24.8 Å². The van der Waals surface area contributed by atoms with Gasteiger partial charge in [0.05, 0.1) is 13.1 Å². The maximum absolute atomic E-state index is 11.8. The van der Waals surface area contributed by atoms with Gasteiger partial charge in [0, 0.05) is 22.2 Å². The second-order valence-corrected chi connectivity index (χ2v) is 5.93. The summed E-state index contributed by atoms with van der Waals surface area (Å²) in [4.78, 5) is 12.9. The Morgan fingerprint density at radius 2 is 2.26 bits per heavy atom. The third-order valence-electron chi connectivity index (χ3n) is 3.40. The van der Waals surface area contributed by atoms with Gasteiger partial charge in [0.25, 0.3) is 0 Å². The Bertz CT molecular complexity index is 478. The zero-order valence-electron chi connectivity index (χ0n) is 11.1. The normalized spacial score (nSPS) is 15.0. The van der Waals surface area contributed by atoms with E-state index < -0.39 is 0 Å². The van der Waals surface area contributed by atoms with Gasteiger partial charge in [0.1, 0.15) is 0 Å². The van der Waals surface area contributed by atoms with Crippen LogP contribution in [-0.2, 0) is 11.3 Å². The van der Waals surface area contributed by atoms with Crippen molar-refractivity contribution in [1.82, 2.24) is 5.32 Å². The van der Waals surface area contributed by atoms with Gasteiger partial charge in [-0.15, -0.1) is 11.3 Å². The minimum absolute atomic E-state index is 0.176. The Labute approximate surface area is 118 Å². The predicted molar refractivity (Wildman–Crippen MR) is 78.7 cm³/mol. The van der Waals surface area contributed by atoms with Crippen molar-refractivity contribution in [1.29, 1.82) is 0 Å². The van der Waals surface area contributed by atoms with Crippen LogP contribution in [0, 0.1) is 17.8 Å². The minimum Gasteiger partial charge on any atom is -0.351 e. The molecule has 0 spiro atoms. The Balaban J connectivity index is 1.75. The summed E-state index contributed by atoms with van der Waals surface area (Å²) >= 11 is 1.63. The van der Waals surface area contributed by atoms with Crippen molar-refractivity contribution in [3.63, 3.8) is 0 Å². The third-order valence-corrected chi connectivity index (χ3v) is 4.33. The smallest absolute Gasteiger partial charge is 0.220 e. The van der Waals surface area contributed by atoms with E-state index in [0.717, 1.165) is 10.4 Å². The highest BCUT2D eigenvalue weighted by atomic mass is 32.1. The topological polar surface area (TPSA) is 55.1 Å². The number of hydrogen-bond donors (Lipinski definition) is 2. The third kappa shape index (κ3) is 4.70. The molecule has 1 heterocycles. The zero-order chi connectivity index (χ0) is 13.5. The summed E-state index contributed by atoms with van der Waals surface area (Å²) < 4.78 is 0. The SMILES string of the molecule is NCC#Cc1csc(CNC(=O)CC2CCCC2)c1. The van der Waals surface area contributed by atoms with Crippen LogP contribution in [0.25, 0.3) is 0 Å². The fourth-order valence-corrected chi connectivity index (χ4v) is 3.18. The van der Waals surface area contributed by atoms with Gasteiger partial charge in [-0.25, -0.2) is 0 Å².